The number of amides is 1. The maximum Gasteiger partial charge on any atom is 0.257 e. The van der Waals surface area contributed by atoms with Gasteiger partial charge in [0.2, 0.25) is 5.91 Å². The number of rotatable bonds is 4. The van der Waals surface area contributed by atoms with Gasteiger partial charge in [0.1, 0.15) is 5.82 Å². The molecule has 0 spiro atoms. The van der Waals surface area contributed by atoms with E-state index >= 15 is 0 Å². The second-order valence-electron chi connectivity index (χ2n) is 7.29. The Morgan fingerprint density at radius 3 is 2.64 bits per heavy atom. The van der Waals surface area contributed by atoms with Crippen LogP contribution in [0, 0.1) is 12.7 Å². The van der Waals surface area contributed by atoms with Crippen molar-refractivity contribution in [2.45, 2.75) is 32.1 Å². The number of carbonyl (C=O) groups is 1. The molecule has 0 saturated carbocycles. The Bertz CT molecular complexity index is 960. The predicted octanol–water partition coefficient (Wildman–Crippen LogP) is 4.13. The van der Waals surface area contributed by atoms with Crippen molar-refractivity contribution >= 4 is 5.91 Å². The zero-order valence-corrected chi connectivity index (χ0v) is 15.8. The molecule has 0 radical (unpaired) electrons. The summed E-state index contributed by atoms with van der Waals surface area (Å²) >= 11 is 0. The second-order valence-corrected chi connectivity index (χ2v) is 7.29. The average Bonchev–Trinajstić information content (AvgIpc) is 3.20. The van der Waals surface area contributed by atoms with E-state index in [9.17, 15) is 9.18 Å². The van der Waals surface area contributed by atoms with Crippen molar-refractivity contribution in [2.24, 2.45) is 0 Å². The molecular weight excluding hydrogens is 357 g/mol. The van der Waals surface area contributed by atoms with E-state index in [2.05, 4.69) is 10.1 Å². The van der Waals surface area contributed by atoms with Crippen molar-refractivity contribution in [3.05, 3.63) is 71.3 Å². The minimum absolute atomic E-state index is 0.0682. The Balaban J connectivity index is 1.35. The van der Waals surface area contributed by atoms with E-state index in [1.165, 1.54) is 12.1 Å². The number of piperidine rings is 1. The number of carbonyl (C=O) groups excluding carboxylic acids is 1. The van der Waals surface area contributed by atoms with E-state index in [0.717, 1.165) is 29.5 Å². The van der Waals surface area contributed by atoms with E-state index in [1.807, 2.05) is 36.1 Å². The van der Waals surface area contributed by atoms with Gasteiger partial charge >= 0.3 is 0 Å². The number of benzene rings is 2. The molecule has 0 atom stereocenters. The fourth-order valence-electron chi connectivity index (χ4n) is 3.57. The maximum atomic E-state index is 13.0. The molecule has 1 saturated heterocycles. The molecule has 0 aliphatic carbocycles. The normalized spacial score (nSPS) is 15.0. The SMILES string of the molecule is Cc1cccc(-c2nc(C3CCN(C(=O)Cc4ccc(F)cc4)CC3)no2)c1. The fraction of sp³-hybridized carbons (Fsp3) is 0.318. The molecule has 6 heteroatoms. The van der Waals surface area contributed by atoms with Gasteiger partial charge in [-0.1, -0.05) is 35.0 Å². The van der Waals surface area contributed by atoms with E-state index in [-0.39, 0.29) is 17.6 Å². The second kappa shape index (κ2) is 7.92. The topological polar surface area (TPSA) is 59.2 Å². The van der Waals surface area contributed by atoms with Gasteiger partial charge in [-0.2, -0.15) is 4.98 Å². The molecule has 1 fully saturated rings. The van der Waals surface area contributed by atoms with Crippen LogP contribution in [0.25, 0.3) is 11.5 Å². The van der Waals surface area contributed by atoms with Crippen LogP contribution in [0.5, 0.6) is 0 Å². The summed E-state index contributed by atoms with van der Waals surface area (Å²) < 4.78 is 18.4. The number of halogens is 1. The summed E-state index contributed by atoms with van der Waals surface area (Å²) in [5.74, 6) is 1.22. The Hall–Kier alpha value is -3.02. The molecule has 2 heterocycles. The summed E-state index contributed by atoms with van der Waals surface area (Å²) in [4.78, 5) is 18.9. The van der Waals surface area contributed by atoms with Crippen LogP contribution in [0.4, 0.5) is 4.39 Å². The molecule has 1 aromatic heterocycles. The van der Waals surface area contributed by atoms with Crippen LogP contribution < -0.4 is 0 Å². The lowest BCUT2D eigenvalue weighted by Crippen LogP contribution is -2.39. The number of aromatic nitrogens is 2. The smallest absolute Gasteiger partial charge is 0.257 e. The van der Waals surface area contributed by atoms with Gasteiger partial charge < -0.3 is 9.42 Å². The van der Waals surface area contributed by atoms with Crippen molar-refractivity contribution < 1.29 is 13.7 Å². The van der Waals surface area contributed by atoms with Gasteiger partial charge in [-0.05, 0) is 49.6 Å². The summed E-state index contributed by atoms with van der Waals surface area (Å²) in [5, 5.41) is 4.17. The Labute approximate surface area is 163 Å². The van der Waals surface area contributed by atoms with Crippen molar-refractivity contribution in [3.8, 4) is 11.5 Å². The van der Waals surface area contributed by atoms with Crippen LogP contribution in [-0.2, 0) is 11.2 Å². The van der Waals surface area contributed by atoms with E-state index < -0.39 is 0 Å². The molecule has 2 aromatic carbocycles. The molecule has 0 unspecified atom stereocenters. The van der Waals surface area contributed by atoms with Gasteiger partial charge in [0.25, 0.3) is 5.89 Å². The number of aryl methyl sites for hydroxylation is 1. The third-order valence-corrected chi connectivity index (χ3v) is 5.19. The molecular formula is C22H22FN3O2. The van der Waals surface area contributed by atoms with Crippen molar-refractivity contribution in [3.63, 3.8) is 0 Å². The minimum Gasteiger partial charge on any atom is -0.342 e. The van der Waals surface area contributed by atoms with Crippen LogP contribution in [0.2, 0.25) is 0 Å². The average molecular weight is 379 g/mol. The molecule has 144 valence electrons. The summed E-state index contributed by atoms with van der Waals surface area (Å²) in [7, 11) is 0. The van der Waals surface area contributed by atoms with Crippen molar-refractivity contribution in [2.75, 3.05) is 13.1 Å². The van der Waals surface area contributed by atoms with Crippen LogP contribution in [0.15, 0.2) is 53.1 Å². The van der Waals surface area contributed by atoms with Gasteiger partial charge in [-0.25, -0.2) is 4.39 Å². The first-order valence-electron chi connectivity index (χ1n) is 9.51. The molecule has 0 N–H and O–H groups in total. The Kier molecular flexibility index (Phi) is 5.19. The summed E-state index contributed by atoms with van der Waals surface area (Å²) in [5.41, 5.74) is 2.89. The molecule has 1 amide bonds. The van der Waals surface area contributed by atoms with E-state index in [4.69, 9.17) is 4.52 Å². The first-order chi connectivity index (χ1) is 13.6. The van der Waals surface area contributed by atoms with Gasteiger partial charge in [0.05, 0.1) is 6.42 Å². The highest BCUT2D eigenvalue weighted by molar-refractivity contribution is 5.78. The van der Waals surface area contributed by atoms with Crippen LogP contribution >= 0.6 is 0 Å². The fourth-order valence-corrected chi connectivity index (χ4v) is 3.57. The molecule has 4 rings (SSSR count). The standard InChI is InChI=1S/C22H22FN3O2/c1-15-3-2-4-18(13-15)22-24-21(25-28-22)17-9-11-26(12-10-17)20(27)14-16-5-7-19(23)8-6-16/h2-8,13,17H,9-12,14H2,1H3. The minimum atomic E-state index is -0.290. The first kappa shape index (κ1) is 18.3. The highest BCUT2D eigenvalue weighted by Crippen LogP contribution is 2.28. The molecule has 28 heavy (non-hydrogen) atoms. The van der Waals surface area contributed by atoms with Crippen molar-refractivity contribution in [1.29, 1.82) is 0 Å². The maximum absolute atomic E-state index is 13.0. The number of hydrogen-bond donors (Lipinski definition) is 0. The summed E-state index contributed by atoms with van der Waals surface area (Å²) in [6.07, 6.45) is 1.91. The molecule has 0 bridgehead atoms. The molecule has 5 nitrogen and oxygen atoms in total. The van der Waals surface area contributed by atoms with Gasteiger partial charge in [0.15, 0.2) is 5.82 Å². The lowest BCUT2D eigenvalue weighted by molar-refractivity contribution is -0.131. The zero-order valence-electron chi connectivity index (χ0n) is 15.8. The number of nitrogens with zero attached hydrogens (tertiary/aromatic N) is 3. The van der Waals surface area contributed by atoms with Crippen molar-refractivity contribution in [1.82, 2.24) is 15.0 Å². The highest BCUT2D eigenvalue weighted by Gasteiger charge is 2.27. The van der Waals surface area contributed by atoms with Gasteiger partial charge in [0, 0.05) is 24.6 Å². The quantitative estimate of drug-likeness (QED) is 0.684. The van der Waals surface area contributed by atoms with Crippen LogP contribution in [-0.4, -0.2) is 34.0 Å². The number of hydrogen-bond acceptors (Lipinski definition) is 4. The summed E-state index contributed by atoms with van der Waals surface area (Å²) in [6, 6.07) is 14.1. The van der Waals surface area contributed by atoms with E-state index in [1.54, 1.807) is 12.1 Å². The van der Waals surface area contributed by atoms with Crippen LogP contribution in [0.3, 0.4) is 0 Å². The Morgan fingerprint density at radius 2 is 1.93 bits per heavy atom. The Morgan fingerprint density at radius 1 is 1.18 bits per heavy atom. The van der Waals surface area contributed by atoms with E-state index in [0.29, 0.717) is 31.2 Å². The third-order valence-electron chi connectivity index (χ3n) is 5.19. The lowest BCUT2D eigenvalue weighted by atomic mass is 9.95. The molecule has 1 aliphatic heterocycles. The molecule has 3 aromatic rings. The monoisotopic (exact) mass is 379 g/mol. The predicted molar refractivity (Wildman–Crippen MR) is 103 cm³/mol. The van der Waals surface area contributed by atoms with Crippen LogP contribution in [0.1, 0.15) is 35.7 Å². The lowest BCUT2D eigenvalue weighted by Gasteiger charge is -2.30. The van der Waals surface area contributed by atoms with Gasteiger partial charge in [-0.3, -0.25) is 4.79 Å². The number of likely N-dealkylation sites (tertiary alicyclic amines) is 1. The largest absolute Gasteiger partial charge is 0.342 e. The highest BCUT2D eigenvalue weighted by atomic mass is 19.1. The zero-order chi connectivity index (χ0) is 19.5. The van der Waals surface area contributed by atoms with Gasteiger partial charge in [-0.15, -0.1) is 0 Å². The molecule has 1 aliphatic rings. The summed E-state index contributed by atoms with van der Waals surface area (Å²) in [6.45, 7) is 3.36. The third kappa shape index (κ3) is 4.11. The first-order valence-corrected chi connectivity index (χ1v) is 9.51.